The Balaban J connectivity index is 1.96. The molecule has 1 N–H and O–H groups in total. The average Bonchev–Trinajstić information content (AvgIpc) is 2.78. The zero-order valence-corrected chi connectivity index (χ0v) is 13.1. The number of nitrogens with zero attached hydrogens (tertiary/aromatic N) is 2. The van der Waals surface area contributed by atoms with Gasteiger partial charge in [0.15, 0.2) is 0 Å². The van der Waals surface area contributed by atoms with Crippen LogP contribution < -0.4 is 5.32 Å². The van der Waals surface area contributed by atoms with E-state index in [9.17, 15) is 9.59 Å². The molecule has 0 radical (unpaired) electrons. The van der Waals surface area contributed by atoms with Gasteiger partial charge >= 0.3 is 0 Å². The topological polar surface area (TPSA) is 63.6 Å². The Morgan fingerprint density at radius 1 is 1.40 bits per heavy atom. The number of carbonyl (C=O) groups is 2. The standard InChI is InChI=1S/C13H18BrN3O3/c1-9(13(19)17-3-5-20-6-4-17)15-12(18)11-7-10(14)8-16(11)2/h7-9H,3-6H2,1-2H3,(H,15,18). The van der Waals surface area contributed by atoms with Crippen LogP contribution in [-0.4, -0.2) is 53.6 Å². The quantitative estimate of drug-likeness (QED) is 0.881. The van der Waals surface area contributed by atoms with Crippen molar-refractivity contribution in [3.63, 3.8) is 0 Å². The molecular weight excluding hydrogens is 326 g/mol. The van der Waals surface area contributed by atoms with Crippen LogP contribution in [0.25, 0.3) is 0 Å². The number of rotatable bonds is 3. The number of carbonyl (C=O) groups excluding carboxylic acids is 2. The van der Waals surface area contributed by atoms with Gasteiger partial charge < -0.3 is 19.5 Å². The van der Waals surface area contributed by atoms with Crippen LogP contribution in [0.4, 0.5) is 0 Å². The smallest absolute Gasteiger partial charge is 0.268 e. The van der Waals surface area contributed by atoms with Crippen LogP contribution >= 0.6 is 15.9 Å². The average molecular weight is 344 g/mol. The van der Waals surface area contributed by atoms with E-state index in [0.29, 0.717) is 32.0 Å². The lowest BCUT2D eigenvalue weighted by Crippen LogP contribution is -2.50. The molecule has 0 aromatic carbocycles. The zero-order valence-electron chi connectivity index (χ0n) is 11.6. The first-order valence-corrected chi connectivity index (χ1v) is 7.27. The number of hydrogen-bond donors (Lipinski definition) is 1. The number of morpholine rings is 1. The van der Waals surface area contributed by atoms with Gasteiger partial charge in [0.25, 0.3) is 5.91 Å². The van der Waals surface area contributed by atoms with Gasteiger partial charge in [0.05, 0.1) is 13.2 Å². The van der Waals surface area contributed by atoms with Crippen molar-refractivity contribution < 1.29 is 14.3 Å². The van der Waals surface area contributed by atoms with Crippen molar-refractivity contribution in [2.45, 2.75) is 13.0 Å². The minimum Gasteiger partial charge on any atom is -0.378 e. The minimum absolute atomic E-state index is 0.0741. The van der Waals surface area contributed by atoms with Gasteiger partial charge in [0.2, 0.25) is 5.91 Å². The summed E-state index contributed by atoms with van der Waals surface area (Å²) in [4.78, 5) is 26.0. The molecule has 7 heteroatoms. The molecule has 1 aromatic rings. The molecule has 6 nitrogen and oxygen atoms in total. The van der Waals surface area contributed by atoms with Gasteiger partial charge in [-0.1, -0.05) is 0 Å². The summed E-state index contributed by atoms with van der Waals surface area (Å²) in [5.41, 5.74) is 0.513. The first-order valence-electron chi connectivity index (χ1n) is 6.48. The molecule has 1 unspecified atom stereocenters. The van der Waals surface area contributed by atoms with E-state index in [1.165, 1.54) is 0 Å². The van der Waals surface area contributed by atoms with Crippen molar-refractivity contribution >= 4 is 27.7 Å². The third-order valence-corrected chi connectivity index (χ3v) is 3.68. The summed E-state index contributed by atoms with van der Waals surface area (Å²) in [6.45, 7) is 3.96. The zero-order chi connectivity index (χ0) is 14.7. The third kappa shape index (κ3) is 3.40. The summed E-state index contributed by atoms with van der Waals surface area (Å²) in [5.74, 6) is -0.331. The molecule has 0 bridgehead atoms. The lowest BCUT2D eigenvalue weighted by Gasteiger charge is -2.29. The molecule has 1 aliphatic rings. The van der Waals surface area contributed by atoms with Crippen molar-refractivity contribution in [2.75, 3.05) is 26.3 Å². The Morgan fingerprint density at radius 2 is 2.05 bits per heavy atom. The fourth-order valence-corrected chi connectivity index (χ4v) is 2.66. The van der Waals surface area contributed by atoms with Crippen LogP contribution in [0.15, 0.2) is 16.7 Å². The van der Waals surface area contributed by atoms with Crippen LogP contribution in [0, 0.1) is 0 Å². The first kappa shape index (κ1) is 15.1. The Hall–Kier alpha value is -1.34. The number of amides is 2. The van der Waals surface area contributed by atoms with Gasteiger partial charge in [-0.3, -0.25) is 9.59 Å². The van der Waals surface area contributed by atoms with E-state index in [-0.39, 0.29) is 11.8 Å². The molecule has 2 heterocycles. The van der Waals surface area contributed by atoms with Crippen molar-refractivity contribution in [1.82, 2.24) is 14.8 Å². The lowest BCUT2D eigenvalue weighted by atomic mass is 10.2. The van der Waals surface area contributed by atoms with Gasteiger partial charge in [-0.25, -0.2) is 0 Å². The second kappa shape index (κ2) is 6.41. The summed E-state index contributed by atoms with van der Waals surface area (Å²) in [7, 11) is 1.79. The number of aryl methyl sites for hydroxylation is 1. The highest BCUT2D eigenvalue weighted by Crippen LogP contribution is 2.13. The van der Waals surface area contributed by atoms with Gasteiger partial charge in [-0.05, 0) is 28.9 Å². The van der Waals surface area contributed by atoms with E-state index in [1.54, 1.807) is 35.7 Å². The molecule has 1 fully saturated rings. The minimum atomic E-state index is -0.547. The molecule has 2 rings (SSSR count). The van der Waals surface area contributed by atoms with Crippen LogP contribution in [0.5, 0.6) is 0 Å². The van der Waals surface area contributed by atoms with Crippen molar-refractivity contribution in [3.8, 4) is 0 Å². The van der Waals surface area contributed by atoms with E-state index >= 15 is 0 Å². The van der Waals surface area contributed by atoms with Crippen molar-refractivity contribution in [1.29, 1.82) is 0 Å². The Bertz CT molecular complexity index is 509. The number of nitrogens with one attached hydrogen (secondary N) is 1. The molecular formula is C13H18BrN3O3. The molecule has 1 aliphatic heterocycles. The largest absolute Gasteiger partial charge is 0.378 e. The summed E-state index contributed by atoms with van der Waals surface area (Å²) in [6.07, 6.45) is 1.80. The van der Waals surface area contributed by atoms with E-state index in [1.807, 2.05) is 0 Å². The Kier molecular flexibility index (Phi) is 4.82. The molecule has 0 aliphatic carbocycles. The summed E-state index contributed by atoms with van der Waals surface area (Å²) in [6, 6.07) is 1.18. The molecule has 0 spiro atoms. The maximum absolute atomic E-state index is 12.2. The highest BCUT2D eigenvalue weighted by molar-refractivity contribution is 9.10. The van der Waals surface area contributed by atoms with Gasteiger partial charge in [0, 0.05) is 30.8 Å². The van der Waals surface area contributed by atoms with Crippen LogP contribution in [-0.2, 0) is 16.6 Å². The number of hydrogen-bond acceptors (Lipinski definition) is 3. The molecule has 2 amide bonds. The highest BCUT2D eigenvalue weighted by atomic mass is 79.9. The predicted molar refractivity (Wildman–Crippen MR) is 77.4 cm³/mol. The summed E-state index contributed by atoms with van der Waals surface area (Å²) >= 11 is 3.32. The maximum Gasteiger partial charge on any atom is 0.268 e. The highest BCUT2D eigenvalue weighted by Gasteiger charge is 2.24. The normalized spacial score (nSPS) is 16.9. The molecule has 1 atom stereocenters. The maximum atomic E-state index is 12.2. The van der Waals surface area contributed by atoms with Crippen molar-refractivity contribution in [3.05, 3.63) is 22.4 Å². The Labute approximate surface area is 126 Å². The third-order valence-electron chi connectivity index (χ3n) is 3.24. The van der Waals surface area contributed by atoms with Gasteiger partial charge in [0.1, 0.15) is 11.7 Å². The molecule has 20 heavy (non-hydrogen) atoms. The first-order chi connectivity index (χ1) is 9.49. The second-order valence-electron chi connectivity index (χ2n) is 4.79. The summed E-state index contributed by atoms with van der Waals surface area (Å²) in [5, 5.41) is 2.73. The molecule has 1 saturated heterocycles. The predicted octanol–water partition coefficient (Wildman–Crippen LogP) is 0.765. The number of halogens is 1. The van der Waals surface area contributed by atoms with Crippen LogP contribution in [0.3, 0.4) is 0 Å². The van der Waals surface area contributed by atoms with Crippen LogP contribution in [0.1, 0.15) is 17.4 Å². The van der Waals surface area contributed by atoms with Crippen LogP contribution in [0.2, 0.25) is 0 Å². The van der Waals surface area contributed by atoms with Gasteiger partial charge in [-0.2, -0.15) is 0 Å². The number of aromatic nitrogens is 1. The number of ether oxygens (including phenoxy) is 1. The molecule has 110 valence electrons. The fourth-order valence-electron chi connectivity index (χ4n) is 2.14. The van der Waals surface area contributed by atoms with E-state index in [4.69, 9.17) is 4.74 Å². The Morgan fingerprint density at radius 3 is 2.60 bits per heavy atom. The van der Waals surface area contributed by atoms with E-state index in [0.717, 1.165) is 4.47 Å². The van der Waals surface area contributed by atoms with Gasteiger partial charge in [-0.15, -0.1) is 0 Å². The van der Waals surface area contributed by atoms with E-state index in [2.05, 4.69) is 21.2 Å². The monoisotopic (exact) mass is 343 g/mol. The molecule has 0 saturated carbocycles. The second-order valence-corrected chi connectivity index (χ2v) is 5.70. The SMILES string of the molecule is CC(NC(=O)c1cc(Br)cn1C)C(=O)N1CCOCC1. The lowest BCUT2D eigenvalue weighted by molar-refractivity contribution is -0.136. The van der Waals surface area contributed by atoms with Crippen molar-refractivity contribution in [2.24, 2.45) is 7.05 Å². The summed E-state index contributed by atoms with van der Waals surface area (Å²) < 4.78 is 7.75. The molecule has 1 aromatic heterocycles. The van der Waals surface area contributed by atoms with E-state index < -0.39 is 6.04 Å². The fraction of sp³-hybridized carbons (Fsp3) is 0.538.